The minimum Gasteiger partial charge on any atom is -0.353 e. The molecule has 1 saturated carbocycles. The Bertz CT molecular complexity index is 723. The van der Waals surface area contributed by atoms with Gasteiger partial charge in [-0.3, -0.25) is 9.59 Å². The number of amides is 2. The second kappa shape index (κ2) is 7.44. The summed E-state index contributed by atoms with van der Waals surface area (Å²) in [5.41, 5.74) is 2.10. The molecule has 7 nitrogen and oxygen atoms in total. The molecule has 3 aliphatic rings. The van der Waals surface area contributed by atoms with Gasteiger partial charge in [0, 0.05) is 56.4 Å². The molecule has 3 heterocycles. The average Bonchev–Trinajstić information content (AvgIpc) is 3.33. The quantitative estimate of drug-likeness (QED) is 0.806. The molecule has 1 atom stereocenters. The summed E-state index contributed by atoms with van der Waals surface area (Å²) < 4.78 is 0. The van der Waals surface area contributed by atoms with Gasteiger partial charge in [0.15, 0.2) is 0 Å². The zero-order valence-electron chi connectivity index (χ0n) is 16.4. The second-order valence-corrected chi connectivity index (χ2v) is 8.11. The Morgan fingerprint density at radius 2 is 1.78 bits per heavy atom. The first-order valence-electron chi connectivity index (χ1n) is 10.2. The van der Waals surface area contributed by atoms with Crippen LogP contribution in [0.25, 0.3) is 0 Å². The number of likely N-dealkylation sites (tertiary alicyclic amines) is 1. The summed E-state index contributed by atoms with van der Waals surface area (Å²) in [7, 11) is 0. The van der Waals surface area contributed by atoms with Crippen LogP contribution in [0.1, 0.15) is 43.4 Å². The number of aromatic nitrogens is 2. The SMILES string of the molecule is Cc1ncnc(N2CCN(C(=O)[C@@H]3CC(=O)N(C4CCCC4)C3)CC2)c1C. The van der Waals surface area contributed by atoms with Gasteiger partial charge in [0.25, 0.3) is 0 Å². The molecule has 2 saturated heterocycles. The molecule has 0 bridgehead atoms. The summed E-state index contributed by atoms with van der Waals surface area (Å²) in [5.74, 6) is 1.13. The van der Waals surface area contributed by atoms with Crippen LogP contribution < -0.4 is 4.90 Å². The van der Waals surface area contributed by atoms with Gasteiger partial charge in [0.2, 0.25) is 11.8 Å². The van der Waals surface area contributed by atoms with Gasteiger partial charge in [-0.05, 0) is 26.7 Å². The molecule has 4 rings (SSSR count). The highest BCUT2D eigenvalue weighted by Crippen LogP contribution is 2.30. The summed E-state index contributed by atoms with van der Waals surface area (Å²) in [5, 5.41) is 0. The van der Waals surface area contributed by atoms with Gasteiger partial charge in [-0.25, -0.2) is 9.97 Å². The van der Waals surface area contributed by atoms with Crippen LogP contribution in [0.5, 0.6) is 0 Å². The van der Waals surface area contributed by atoms with Gasteiger partial charge in [-0.1, -0.05) is 12.8 Å². The Morgan fingerprint density at radius 1 is 1.07 bits per heavy atom. The zero-order chi connectivity index (χ0) is 19.0. The van der Waals surface area contributed by atoms with Crippen LogP contribution in [-0.2, 0) is 9.59 Å². The lowest BCUT2D eigenvalue weighted by Crippen LogP contribution is -2.51. The van der Waals surface area contributed by atoms with Crippen LogP contribution in [0.2, 0.25) is 0 Å². The molecule has 2 amide bonds. The topological polar surface area (TPSA) is 69.6 Å². The molecule has 0 unspecified atom stereocenters. The van der Waals surface area contributed by atoms with Crippen LogP contribution >= 0.6 is 0 Å². The first kappa shape index (κ1) is 18.2. The van der Waals surface area contributed by atoms with E-state index < -0.39 is 0 Å². The third-order valence-corrected chi connectivity index (χ3v) is 6.47. The molecular formula is C20H29N5O2. The van der Waals surface area contributed by atoms with Crippen molar-refractivity contribution >= 4 is 17.6 Å². The number of nitrogens with zero attached hydrogens (tertiary/aromatic N) is 5. The lowest BCUT2D eigenvalue weighted by Gasteiger charge is -2.37. The van der Waals surface area contributed by atoms with Gasteiger partial charge in [-0.15, -0.1) is 0 Å². The molecule has 1 aromatic rings. The van der Waals surface area contributed by atoms with Crippen molar-refractivity contribution in [3.05, 3.63) is 17.6 Å². The number of carbonyl (C=O) groups excluding carboxylic acids is 2. The van der Waals surface area contributed by atoms with Crippen LogP contribution in [-0.4, -0.2) is 70.3 Å². The van der Waals surface area contributed by atoms with E-state index in [1.165, 1.54) is 12.8 Å². The minimum atomic E-state index is -0.160. The van der Waals surface area contributed by atoms with Gasteiger partial charge < -0.3 is 14.7 Å². The monoisotopic (exact) mass is 371 g/mol. The molecule has 146 valence electrons. The lowest BCUT2D eigenvalue weighted by atomic mass is 10.1. The third-order valence-electron chi connectivity index (χ3n) is 6.47. The van der Waals surface area contributed by atoms with Crippen LogP contribution in [0, 0.1) is 19.8 Å². The standard InChI is InChI=1S/C20H29N5O2/c1-14-15(2)21-13-22-19(14)23-7-9-24(10-8-23)20(27)16-11-18(26)25(12-16)17-5-3-4-6-17/h13,16-17H,3-12H2,1-2H3/t16-/m1/s1. The number of rotatable bonds is 3. The van der Waals surface area contributed by atoms with Crippen molar-refractivity contribution in [1.82, 2.24) is 19.8 Å². The number of hydrogen-bond donors (Lipinski definition) is 0. The van der Waals surface area contributed by atoms with Crippen molar-refractivity contribution < 1.29 is 9.59 Å². The van der Waals surface area contributed by atoms with Crippen LogP contribution in [0.15, 0.2) is 6.33 Å². The first-order chi connectivity index (χ1) is 13.0. The minimum absolute atomic E-state index is 0.152. The van der Waals surface area contributed by atoms with E-state index in [2.05, 4.69) is 14.9 Å². The molecule has 1 aliphatic carbocycles. The van der Waals surface area contributed by atoms with E-state index in [0.717, 1.165) is 43.0 Å². The number of anilines is 1. The second-order valence-electron chi connectivity index (χ2n) is 8.11. The molecule has 0 N–H and O–H groups in total. The Balaban J connectivity index is 1.35. The summed E-state index contributed by atoms with van der Waals surface area (Å²) in [4.78, 5) is 40.2. The summed E-state index contributed by atoms with van der Waals surface area (Å²) >= 11 is 0. The van der Waals surface area contributed by atoms with E-state index in [4.69, 9.17) is 0 Å². The molecular weight excluding hydrogens is 342 g/mol. The molecule has 0 radical (unpaired) electrons. The molecule has 7 heteroatoms. The van der Waals surface area contributed by atoms with Crippen molar-refractivity contribution in [3.8, 4) is 0 Å². The predicted molar refractivity (Wildman–Crippen MR) is 102 cm³/mol. The Morgan fingerprint density at radius 3 is 2.48 bits per heavy atom. The smallest absolute Gasteiger partial charge is 0.228 e. The fourth-order valence-corrected chi connectivity index (χ4v) is 4.71. The van der Waals surface area contributed by atoms with Gasteiger partial charge in [0.1, 0.15) is 12.1 Å². The maximum atomic E-state index is 13.0. The predicted octanol–water partition coefficient (Wildman–Crippen LogP) is 1.53. The largest absolute Gasteiger partial charge is 0.353 e. The van der Waals surface area contributed by atoms with E-state index in [1.54, 1.807) is 6.33 Å². The first-order valence-corrected chi connectivity index (χ1v) is 10.2. The fourth-order valence-electron chi connectivity index (χ4n) is 4.71. The van der Waals surface area contributed by atoms with E-state index in [9.17, 15) is 9.59 Å². The van der Waals surface area contributed by atoms with Crippen molar-refractivity contribution in [2.75, 3.05) is 37.6 Å². The van der Waals surface area contributed by atoms with Gasteiger partial charge in [0.05, 0.1) is 5.92 Å². The molecule has 1 aromatic heterocycles. The lowest BCUT2D eigenvalue weighted by molar-refractivity contribution is -0.136. The molecule has 0 spiro atoms. The van der Waals surface area contributed by atoms with Gasteiger partial charge in [-0.2, -0.15) is 0 Å². The fraction of sp³-hybridized carbons (Fsp3) is 0.700. The molecule has 27 heavy (non-hydrogen) atoms. The molecule has 2 aliphatic heterocycles. The number of hydrogen-bond acceptors (Lipinski definition) is 5. The third kappa shape index (κ3) is 3.51. The number of piperazine rings is 1. The van der Waals surface area contributed by atoms with Crippen LogP contribution in [0.3, 0.4) is 0 Å². The Kier molecular flexibility index (Phi) is 5.02. The Hall–Kier alpha value is -2.18. The van der Waals surface area contributed by atoms with Crippen LogP contribution in [0.4, 0.5) is 5.82 Å². The highest BCUT2D eigenvalue weighted by atomic mass is 16.2. The van der Waals surface area contributed by atoms with Crippen molar-refractivity contribution in [1.29, 1.82) is 0 Å². The van der Waals surface area contributed by atoms with E-state index in [0.29, 0.717) is 32.1 Å². The normalized spacial score (nSPS) is 24.1. The Labute approximate surface area is 160 Å². The van der Waals surface area contributed by atoms with Crippen molar-refractivity contribution in [2.45, 2.75) is 52.0 Å². The van der Waals surface area contributed by atoms with Crippen molar-refractivity contribution in [3.63, 3.8) is 0 Å². The number of aryl methyl sites for hydroxylation is 1. The zero-order valence-corrected chi connectivity index (χ0v) is 16.4. The highest BCUT2D eigenvalue weighted by molar-refractivity contribution is 5.89. The maximum absolute atomic E-state index is 13.0. The van der Waals surface area contributed by atoms with E-state index >= 15 is 0 Å². The summed E-state index contributed by atoms with van der Waals surface area (Å²) in [6.07, 6.45) is 6.61. The highest BCUT2D eigenvalue weighted by Gasteiger charge is 2.40. The van der Waals surface area contributed by atoms with Gasteiger partial charge >= 0.3 is 0 Å². The molecule has 0 aromatic carbocycles. The summed E-state index contributed by atoms with van der Waals surface area (Å²) in [6, 6.07) is 0.371. The van der Waals surface area contributed by atoms with E-state index in [-0.39, 0.29) is 17.7 Å². The summed E-state index contributed by atoms with van der Waals surface area (Å²) in [6.45, 7) is 7.58. The molecule has 3 fully saturated rings. The average molecular weight is 371 g/mol. The maximum Gasteiger partial charge on any atom is 0.228 e. The van der Waals surface area contributed by atoms with Crippen molar-refractivity contribution in [2.24, 2.45) is 5.92 Å². The number of carbonyl (C=O) groups is 2. The van der Waals surface area contributed by atoms with E-state index in [1.807, 2.05) is 23.6 Å².